The third-order valence-corrected chi connectivity index (χ3v) is 6.20. The lowest BCUT2D eigenvalue weighted by Gasteiger charge is -2.33. The van der Waals surface area contributed by atoms with Crippen LogP contribution in [-0.4, -0.2) is 66.1 Å². The van der Waals surface area contributed by atoms with Gasteiger partial charge in [-0.25, -0.2) is 4.98 Å². The summed E-state index contributed by atoms with van der Waals surface area (Å²) in [5.41, 5.74) is 2.79. The first-order chi connectivity index (χ1) is 16.5. The Hall–Kier alpha value is -3.63. The van der Waals surface area contributed by atoms with Gasteiger partial charge < -0.3 is 30.5 Å². The number of ether oxygens (including phenoxy) is 1. The van der Waals surface area contributed by atoms with Gasteiger partial charge in [0.25, 0.3) is 5.91 Å². The zero-order chi connectivity index (χ0) is 23.7. The van der Waals surface area contributed by atoms with Gasteiger partial charge in [0.15, 0.2) is 5.82 Å². The predicted octanol–water partition coefficient (Wildman–Crippen LogP) is 3.02. The molecule has 2 aromatic heterocycles. The number of anilines is 5. The quantitative estimate of drug-likeness (QED) is 0.490. The SMILES string of the molecule is COc1nc(N2CCN(C)CC2)ccc1Nc1ncc(Cl)c(Nc2cccc3c2C(=O)NC3)n1. The molecular weight excluding hydrogens is 456 g/mol. The largest absolute Gasteiger partial charge is 0.479 e. The Morgan fingerprint density at radius 1 is 1.06 bits per heavy atom. The van der Waals surface area contributed by atoms with E-state index in [4.69, 9.17) is 16.3 Å². The number of hydrogen-bond acceptors (Lipinski definition) is 9. The van der Waals surface area contributed by atoms with E-state index in [0.717, 1.165) is 37.6 Å². The van der Waals surface area contributed by atoms with Gasteiger partial charge in [0.05, 0.1) is 24.6 Å². The summed E-state index contributed by atoms with van der Waals surface area (Å²) in [5.74, 6) is 1.88. The van der Waals surface area contributed by atoms with Crippen LogP contribution >= 0.6 is 11.6 Å². The molecule has 0 atom stereocenters. The van der Waals surface area contributed by atoms with Crippen LogP contribution in [-0.2, 0) is 6.54 Å². The molecule has 1 aromatic carbocycles. The smallest absolute Gasteiger partial charge is 0.254 e. The van der Waals surface area contributed by atoms with E-state index in [2.05, 4.69) is 47.7 Å². The van der Waals surface area contributed by atoms with E-state index in [1.54, 1.807) is 7.11 Å². The summed E-state index contributed by atoms with van der Waals surface area (Å²) in [6.07, 6.45) is 1.50. The maximum absolute atomic E-state index is 12.2. The first-order valence-corrected chi connectivity index (χ1v) is 11.3. The van der Waals surface area contributed by atoms with Crippen LogP contribution in [0.15, 0.2) is 36.5 Å². The Kier molecular flexibility index (Phi) is 6.08. The molecule has 0 spiro atoms. The molecule has 5 rings (SSSR count). The molecule has 3 N–H and O–H groups in total. The van der Waals surface area contributed by atoms with Crippen LogP contribution in [0.4, 0.5) is 29.0 Å². The second kappa shape index (κ2) is 9.32. The van der Waals surface area contributed by atoms with Crippen molar-refractivity contribution in [3.05, 3.63) is 52.7 Å². The van der Waals surface area contributed by atoms with E-state index in [0.29, 0.717) is 46.2 Å². The van der Waals surface area contributed by atoms with Gasteiger partial charge >= 0.3 is 0 Å². The third-order valence-electron chi connectivity index (χ3n) is 5.93. The molecule has 0 aliphatic carbocycles. The first kappa shape index (κ1) is 22.2. The Morgan fingerprint density at radius 2 is 1.88 bits per heavy atom. The normalized spacial score (nSPS) is 15.6. The number of methoxy groups -OCH3 is 1. The molecule has 0 saturated carbocycles. The van der Waals surface area contributed by atoms with Crippen molar-refractivity contribution in [3.8, 4) is 5.88 Å². The van der Waals surface area contributed by atoms with Crippen molar-refractivity contribution in [2.24, 2.45) is 0 Å². The fourth-order valence-corrected chi connectivity index (χ4v) is 4.18. The number of nitrogens with one attached hydrogen (secondary N) is 3. The zero-order valence-corrected chi connectivity index (χ0v) is 19.7. The molecule has 0 bridgehead atoms. The molecule has 1 saturated heterocycles. The molecule has 1 fully saturated rings. The maximum atomic E-state index is 12.2. The number of halogens is 1. The molecule has 1 amide bonds. The molecule has 3 aromatic rings. The Balaban J connectivity index is 1.37. The molecule has 0 unspecified atom stereocenters. The lowest BCUT2D eigenvalue weighted by molar-refractivity contribution is 0.0966. The summed E-state index contributed by atoms with van der Waals surface area (Å²) in [5, 5.41) is 9.49. The number of hydrogen-bond donors (Lipinski definition) is 3. The van der Waals surface area contributed by atoms with Crippen molar-refractivity contribution in [1.29, 1.82) is 0 Å². The number of rotatable bonds is 6. The highest BCUT2D eigenvalue weighted by atomic mass is 35.5. The third kappa shape index (κ3) is 4.42. The molecule has 11 heteroatoms. The van der Waals surface area contributed by atoms with Crippen LogP contribution in [0.1, 0.15) is 15.9 Å². The lowest BCUT2D eigenvalue weighted by atomic mass is 10.1. The number of fused-ring (bicyclic) bond motifs is 1. The van der Waals surface area contributed by atoms with E-state index in [9.17, 15) is 4.79 Å². The minimum Gasteiger partial charge on any atom is -0.479 e. The molecule has 4 heterocycles. The minimum absolute atomic E-state index is 0.127. The fraction of sp³-hybridized carbons (Fsp3) is 0.304. The summed E-state index contributed by atoms with van der Waals surface area (Å²) < 4.78 is 5.53. The van der Waals surface area contributed by atoms with Gasteiger partial charge in [-0.05, 0) is 30.8 Å². The fourth-order valence-electron chi connectivity index (χ4n) is 4.04. The summed E-state index contributed by atoms with van der Waals surface area (Å²) in [6.45, 7) is 4.31. The van der Waals surface area contributed by atoms with Gasteiger partial charge in [0.2, 0.25) is 11.8 Å². The second-order valence-electron chi connectivity index (χ2n) is 8.18. The number of amides is 1. The summed E-state index contributed by atoms with van der Waals surface area (Å²) in [4.78, 5) is 30.2. The first-order valence-electron chi connectivity index (χ1n) is 11.0. The highest BCUT2D eigenvalue weighted by Crippen LogP contribution is 2.32. The van der Waals surface area contributed by atoms with Crippen molar-refractivity contribution < 1.29 is 9.53 Å². The Bertz CT molecular complexity index is 1230. The highest BCUT2D eigenvalue weighted by molar-refractivity contribution is 6.33. The number of nitrogens with zero attached hydrogens (tertiary/aromatic N) is 5. The molecule has 176 valence electrons. The Labute approximate surface area is 202 Å². The summed E-state index contributed by atoms with van der Waals surface area (Å²) in [7, 11) is 3.70. The van der Waals surface area contributed by atoms with Gasteiger partial charge in [-0.2, -0.15) is 9.97 Å². The van der Waals surface area contributed by atoms with Gasteiger partial charge in [0.1, 0.15) is 16.5 Å². The predicted molar refractivity (Wildman–Crippen MR) is 132 cm³/mol. The number of piperazine rings is 1. The highest BCUT2D eigenvalue weighted by Gasteiger charge is 2.23. The molecule has 2 aliphatic rings. The topological polar surface area (TPSA) is 108 Å². The van der Waals surface area contributed by atoms with Crippen molar-refractivity contribution in [3.63, 3.8) is 0 Å². The van der Waals surface area contributed by atoms with Crippen molar-refractivity contribution in [1.82, 2.24) is 25.2 Å². The second-order valence-corrected chi connectivity index (χ2v) is 8.59. The molecule has 0 radical (unpaired) electrons. The zero-order valence-electron chi connectivity index (χ0n) is 18.9. The van der Waals surface area contributed by atoms with Crippen molar-refractivity contribution in [2.75, 3.05) is 55.9 Å². The van der Waals surface area contributed by atoms with Crippen LogP contribution in [0.3, 0.4) is 0 Å². The van der Waals surface area contributed by atoms with Crippen LogP contribution in [0.25, 0.3) is 0 Å². The van der Waals surface area contributed by atoms with Crippen molar-refractivity contribution >= 4 is 46.5 Å². The lowest BCUT2D eigenvalue weighted by Crippen LogP contribution is -2.44. The average molecular weight is 481 g/mol. The number of aromatic nitrogens is 3. The van der Waals surface area contributed by atoms with E-state index in [1.807, 2.05) is 30.3 Å². The van der Waals surface area contributed by atoms with Gasteiger partial charge in [-0.15, -0.1) is 0 Å². The van der Waals surface area contributed by atoms with E-state index in [1.165, 1.54) is 6.20 Å². The van der Waals surface area contributed by atoms with E-state index >= 15 is 0 Å². The number of benzene rings is 1. The van der Waals surface area contributed by atoms with E-state index in [-0.39, 0.29) is 5.91 Å². The number of carbonyl (C=O) groups is 1. The van der Waals surface area contributed by atoms with Gasteiger partial charge in [-0.1, -0.05) is 23.7 Å². The van der Waals surface area contributed by atoms with Crippen LogP contribution in [0, 0.1) is 0 Å². The van der Waals surface area contributed by atoms with Gasteiger partial charge in [0, 0.05) is 32.7 Å². The molecule has 10 nitrogen and oxygen atoms in total. The number of carbonyl (C=O) groups excluding carboxylic acids is 1. The number of likely N-dealkylation sites (N-methyl/N-ethyl adjacent to an activating group) is 1. The van der Waals surface area contributed by atoms with Crippen LogP contribution < -0.4 is 25.6 Å². The standard InChI is InChI=1S/C23H25ClN8O2/c1-31-8-10-32(11-9-31)18-7-6-17(22(29-18)34-2)28-23-26-13-15(24)20(30-23)27-16-5-3-4-14-12-25-21(33)19(14)16/h3-7,13H,8-12H2,1-2H3,(H,25,33)(H2,26,27,28,30). The molecular formula is C23H25ClN8O2. The molecule has 2 aliphatic heterocycles. The summed E-state index contributed by atoms with van der Waals surface area (Å²) >= 11 is 6.35. The van der Waals surface area contributed by atoms with Crippen LogP contribution in [0.5, 0.6) is 5.88 Å². The molecule has 34 heavy (non-hydrogen) atoms. The van der Waals surface area contributed by atoms with E-state index < -0.39 is 0 Å². The monoisotopic (exact) mass is 480 g/mol. The summed E-state index contributed by atoms with van der Waals surface area (Å²) in [6, 6.07) is 9.47. The van der Waals surface area contributed by atoms with Crippen molar-refractivity contribution in [2.45, 2.75) is 6.54 Å². The van der Waals surface area contributed by atoms with Crippen LogP contribution in [0.2, 0.25) is 5.02 Å². The minimum atomic E-state index is -0.127. The average Bonchev–Trinajstić information content (AvgIpc) is 3.23. The Morgan fingerprint density at radius 3 is 2.68 bits per heavy atom. The van der Waals surface area contributed by atoms with Gasteiger partial charge in [-0.3, -0.25) is 4.79 Å². The maximum Gasteiger partial charge on any atom is 0.254 e. The number of pyridine rings is 1.